The van der Waals surface area contributed by atoms with Gasteiger partial charge in [-0.15, -0.1) is 12.4 Å². The van der Waals surface area contributed by atoms with Crippen LogP contribution >= 0.6 is 12.4 Å². The van der Waals surface area contributed by atoms with Crippen LogP contribution in [0.1, 0.15) is 31.2 Å². The van der Waals surface area contributed by atoms with Crippen LogP contribution < -0.4 is 15.8 Å². The quantitative estimate of drug-likeness (QED) is 0.337. The molecule has 0 saturated heterocycles. The van der Waals surface area contributed by atoms with Crippen molar-refractivity contribution in [2.24, 2.45) is 17.6 Å². The lowest BCUT2D eigenvalue weighted by molar-refractivity contribution is -0.140. The van der Waals surface area contributed by atoms with Gasteiger partial charge in [0.2, 0.25) is 0 Å². The average Bonchev–Trinajstić information content (AvgIpc) is 2.54. The second-order valence-corrected chi connectivity index (χ2v) is 5.57. The number of carbonyl (C=O) groups is 1. The Bertz CT molecular complexity index is 575. The number of nitrogens with one attached hydrogen (secondary N) is 2. The van der Waals surface area contributed by atoms with Gasteiger partial charge in [0.05, 0.1) is 17.6 Å². The summed E-state index contributed by atoms with van der Waals surface area (Å²) in [6, 6.07) is 8.56. The Balaban J connectivity index is 0.00000264. The predicted octanol–water partition coefficient (Wildman–Crippen LogP) is 2.17. The summed E-state index contributed by atoms with van der Waals surface area (Å²) >= 11 is 0. The Morgan fingerprint density at radius 3 is 2.43 bits per heavy atom. The van der Waals surface area contributed by atoms with E-state index in [-0.39, 0.29) is 30.3 Å². The number of hydrogen-bond donors (Lipinski definition) is 3. The molecular formula is C16H21ClN4O2. The van der Waals surface area contributed by atoms with E-state index in [4.69, 9.17) is 21.1 Å². The molecule has 0 bridgehead atoms. The number of ether oxygens (including phenoxy) is 1. The van der Waals surface area contributed by atoms with E-state index in [0.29, 0.717) is 23.8 Å². The van der Waals surface area contributed by atoms with Crippen LogP contribution in [0.2, 0.25) is 0 Å². The van der Waals surface area contributed by atoms with Crippen molar-refractivity contribution in [2.45, 2.75) is 25.7 Å². The summed E-state index contributed by atoms with van der Waals surface area (Å²) in [7, 11) is 0. The molecule has 23 heavy (non-hydrogen) atoms. The Hall–Kier alpha value is -2.26. The summed E-state index contributed by atoms with van der Waals surface area (Å²) in [5.74, 6) is 0.626. The van der Waals surface area contributed by atoms with Crippen LogP contribution in [-0.2, 0) is 4.79 Å². The molecule has 2 rings (SSSR count). The van der Waals surface area contributed by atoms with Crippen molar-refractivity contribution >= 4 is 24.3 Å². The van der Waals surface area contributed by atoms with E-state index >= 15 is 0 Å². The lowest BCUT2D eigenvalue weighted by atomic mass is 9.82. The number of nitriles is 1. The van der Waals surface area contributed by atoms with Gasteiger partial charge in [-0.25, -0.2) is 0 Å². The van der Waals surface area contributed by atoms with Crippen molar-refractivity contribution < 1.29 is 9.53 Å². The third-order valence-electron chi connectivity index (χ3n) is 3.96. The highest BCUT2D eigenvalue weighted by Crippen LogP contribution is 2.29. The van der Waals surface area contributed by atoms with E-state index in [9.17, 15) is 4.79 Å². The minimum atomic E-state index is -0.206. The molecule has 0 unspecified atom stereocenters. The number of rotatable bonds is 4. The molecule has 1 fully saturated rings. The molecule has 7 heteroatoms. The molecule has 0 amide bonds. The second kappa shape index (κ2) is 9.01. The van der Waals surface area contributed by atoms with Crippen molar-refractivity contribution in [3.8, 4) is 11.8 Å². The number of guanidine groups is 1. The maximum absolute atomic E-state index is 12.1. The number of carbonyl (C=O) groups excluding carboxylic acids is 1. The highest BCUT2D eigenvalue weighted by molar-refractivity contribution is 5.85. The normalized spacial score (nSPS) is 19.8. The maximum atomic E-state index is 12.1. The molecule has 1 aliphatic carbocycles. The van der Waals surface area contributed by atoms with Crippen LogP contribution in [0.5, 0.6) is 5.75 Å². The van der Waals surface area contributed by atoms with Gasteiger partial charge in [0.25, 0.3) is 0 Å². The van der Waals surface area contributed by atoms with E-state index in [1.807, 2.05) is 6.07 Å². The molecular weight excluding hydrogens is 316 g/mol. The average molecular weight is 337 g/mol. The monoisotopic (exact) mass is 336 g/mol. The van der Waals surface area contributed by atoms with Crippen molar-refractivity contribution in [1.29, 1.82) is 10.7 Å². The lowest BCUT2D eigenvalue weighted by Gasteiger charge is -2.27. The van der Waals surface area contributed by atoms with Gasteiger partial charge in [-0.2, -0.15) is 5.26 Å². The van der Waals surface area contributed by atoms with Gasteiger partial charge in [-0.3, -0.25) is 10.2 Å². The topological polar surface area (TPSA) is 112 Å². The third-order valence-corrected chi connectivity index (χ3v) is 3.96. The zero-order valence-corrected chi connectivity index (χ0v) is 13.6. The van der Waals surface area contributed by atoms with Gasteiger partial charge < -0.3 is 15.8 Å². The molecule has 0 spiro atoms. The molecule has 0 aromatic heterocycles. The fourth-order valence-corrected chi connectivity index (χ4v) is 2.65. The first-order chi connectivity index (χ1) is 10.6. The first kappa shape index (κ1) is 18.8. The fourth-order valence-electron chi connectivity index (χ4n) is 2.65. The summed E-state index contributed by atoms with van der Waals surface area (Å²) < 4.78 is 5.37. The standard InChI is InChI=1S/C16H20N4O2.ClH/c17-9-11-3-7-14(8-4-11)22-15(21)13-5-1-12(2-6-13)10-20-16(18)19;/h3-4,7-8,12-13H,1-2,5-6,10H2,(H4,18,19,20);1H. The van der Waals surface area contributed by atoms with Crippen molar-refractivity contribution in [2.75, 3.05) is 6.54 Å². The molecule has 1 aliphatic rings. The number of esters is 1. The molecule has 0 radical (unpaired) electrons. The molecule has 0 heterocycles. The molecule has 0 atom stereocenters. The fraction of sp³-hybridized carbons (Fsp3) is 0.438. The van der Waals surface area contributed by atoms with Gasteiger partial charge in [-0.05, 0) is 55.9 Å². The summed E-state index contributed by atoms with van der Waals surface area (Å²) in [6.45, 7) is 0.687. The zero-order valence-electron chi connectivity index (χ0n) is 12.7. The summed E-state index contributed by atoms with van der Waals surface area (Å²) in [5.41, 5.74) is 5.81. The number of benzene rings is 1. The molecule has 6 nitrogen and oxygen atoms in total. The molecule has 1 aromatic rings. The van der Waals surface area contributed by atoms with E-state index in [2.05, 4.69) is 5.32 Å². The number of hydrogen-bond acceptors (Lipinski definition) is 4. The Morgan fingerprint density at radius 2 is 1.91 bits per heavy atom. The van der Waals surface area contributed by atoms with E-state index in [0.717, 1.165) is 25.7 Å². The van der Waals surface area contributed by atoms with Crippen molar-refractivity contribution in [3.05, 3.63) is 29.8 Å². The highest BCUT2D eigenvalue weighted by atomic mass is 35.5. The highest BCUT2D eigenvalue weighted by Gasteiger charge is 2.27. The van der Waals surface area contributed by atoms with Crippen LogP contribution in [0.4, 0.5) is 0 Å². The Kier molecular flexibility index (Phi) is 7.36. The third kappa shape index (κ3) is 5.80. The number of nitrogens with two attached hydrogens (primary N) is 1. The van der Waals surface area contributed by atoms with Crippen molar-refractivity contribution in [3.63, 3.8) is 0 Å². The van der Waals surface area contributed by atoms with E-state index in [1.165, 1.54) is 0 Å². The predicted molar refractivity (Wildman–Crippen MR) is 89.4 cm³/mol. The van der Waals surface area contributed by atoms with Crippen LogP contribution in [0.3, 0.4) is 0 Å². The van der Waals surface area contributed by atoms with Crippen LogP contribution in [0.25, 0.3) is 0 Å². The van der Waals surface area contributed by atoms with Gasteiger partial charge >= 0.3 is 5.97 Å². The molecule has 124 valence electrons. The van der Waals surface area contributed by atoms with Gasteiger partial charge in [-0.1, -0.05) is 0 Å². The first-order valence-electron chi connectivity index (χ1n) is 7.38. The molecule has 1 saturated carbocycles. The maximum Gasteiger partial charge on any atom is 0.314 e. The lowest BCUT2D eigenvalue weighted by Crippen LogP contribution is -2.36. The molecule has 0 aliphatic heterocycles. The van der Waals surface area contributed by atoms with Crippen LogP contribution in [0, 0.1) is 28.6 Å². The van der Waals surface area contributed by atoms with E-state index < -0.39 is 0 Å². The van der Waals surface area contributed by atoms with Crippen LogP contribution in [0.15, 0.2) is 24.3 Å². The van der Waals surface area contributed by atoms with Gasteiger partial charge in [0.15, 0.2) is 5.96 Å². The largest absolute Gasteiger partial charge is 0.426 e. The smallest absolute Gasteiger partial charge is 0.314 e. The Morgan fingerprint density at radius 1 is 1.30 bits per heavy atom. The summed E-state index contributed by atoms with van der Waals surface area (Å²) in [4.78, 5) is 12.1. The van der Waals surface area contributed by atoms with Gasteiger partial charge in [0, 0.05) is 6.54 Å². The molecule has 1 aromatic carbocycles. The summed E-state index contributed by atoms with van der Waals surface area (Å²) in [5, 5.41) is 18.7. The number of nitrogens with zero attached hydrogens (tertiary/aromatic N) is 1. The summed E-state index contributed by atoms with van der Waals surface area (Å²) in [6.07, 6.45) is 3.43. The number of halogens is 1. The SMILES string of the molecule is Cl.N#Cc1ccc(OC(=O)C2CCC(CNC(=N)N)CC2)cc1. The minimum Gasteiger partial charge on any atom is -0.426 e. The zero-order chi connectivity index (χ0) is 15.9. The van der Waals surface area contributed by atoms with Crippen molar-refractivity contribution in [1.82, 2.24) is 5.32 Å². The molecule has 4 N–H and O–H groups in total. The van der Waals surface area contributed by atoms with Crippen LogP contribution in [-0.4, -0.2) is 18.5 Å². The Labute approximate surface area is 141 Å². The first-order valence-corrected chi connectivity index (χ1v) is 7.38. The van der Waals surface area contributed by atoms with Gasteiger partial charge in [0.1, 0.15) is 5.75 Å². The van der Waals surface area contributed by atoms with E-state index in [1.54, 1.807) is 24.3 Å². The minimum absolute atomic E-state index is 0. The second-order valence-electron chi connectivity index (χ2n) is 5.57.